The van der Waals surface area contributed by atoms with Crippen LogP contribution in [0.5, 0.6) is 0 Å². The van der Waals surface area contributed by atoms with E-state index in [9.17, 15) is 4.79 Å². The van der Waals surface area contributed by atoms with Gasteiger partial charge >= 0.3 is 0 Å². The summed E-state index contributed by atoms with van der Waals surface area (Å²) in [6, 6.07) is 5.26. The summed E-state index contributed by atoms with van der Waals surface area (Å²) >= 11 is 3.43. The molecule has 1 amide bonds. The summed E-state index contributed by atoms with van der Waals surface area (Å²) in [6.07, 6.45) is 0.895. The average molecular weight is 299 g/mol. The minimum Gasteiger partial charge on any atom is -0.325 e. The van der Waals surface area contributed by atoms with Gasteiger partial charge in [-0.25, -0.2) is 0 Å². The quantitative estimate of drug-likeness (QED) is 0.897. The minimum atomic E-state index is -0.458. The fourth-order valence-corrected chi connectivity index (χ4v) is 1.79. The first kappa shape index (κ1) is 14.2. The van der Waals surface area contributed by atoms with Crippen LogP contribution in [0.3, 0.4) is 0 Å². The number of carbonyl (C=O) groups excluding carboxylic acids is 1. The molecule has 0 bridgehead atoms. The third kappa shape index (κ3) is 3.82. The van der Waals surface area contributed by atoms with Crippen LogP contribution in [0.4, 0.5) is 5.69 Å². The van der Waals surface area contributed by atoms with Gasteiger partial charge < -0.3 is 11.1 Å². The molecule has 0 heterocycles. The SMILES string of the molecule is CCC(C)[C@H](N)C(=O)Nc1ccc(C)c(Br)c1. The number of benzene rings is 1. The van der Waals surface area contributed by atoms with E-state index in [0.29, 0.717) is 0 Å². The highest BCUT2D eigenvalue weighted by Gasteiger charge is 2.19. The van der Waals surface area contributed by atoms with E-state index in [1.807, 2.05) is 39.0 Å². The number of hydrogen-bond acceptors (Lipinski definition) is 2. The lowest BCUT2D eigenvalue weighted by molar-refractivity contribution is -0.118. The molecule has 0 aliphatic rings. The van der Waals surface area contributed by atoms with Crippen molar-refractivity contribution in [2.45, 2.75) is 33.2 Å². The normalized spacial score (nSPS) is 14.2. The maximum Gasteiger partial charge on any atom is 0.241 e. The molecule has 94 valence electrons. The van der Waals surface area contributed by atoms with E-state index < -0.39 is 6.04 Å². The van der Waals surface area contributed by atoms with Gasteiger partial charge in [-0.05, 0) is 30.5 Å². The fourth-order valence-electron chi connectivity index (χ4n) is 1.41. The fraction of sp³-hybridized carbons (Fsp3) is 0.462. The lowest BCUT2D eigenvalue weighted by Crippen LogP contribution is -2.40. The van der Waals surface area contributed by atoms with E-state index in [0.717, 1.165) is 22.1 Å². The second-order valence-electron chi connectivity index (χ2n) is 4.36. The number of nitrogens with one attached hydrogen (secondary N) is 1. The first-order valence-corrected chi connectivity index (χ1v) is 6.57. The van der Waals surface area contributed by atoms with Gasteiger partial charge in [-0.3, -0.25) is 4.79 Å². The van der Waals surface area contributed by atoms with Crippen LogP contribution in [-0.4, -0.2) is 11.9 Å². The molecule has 0 aliphatic heterocycles. The largest absolute Gasteiger partial charge is 0.325 e. The number of hydrogen-bond donors (Lipinski definition) is 2. The van der Waals surface area contributed by atoms with Gasteiger partial charge in [0.2, 0.25) is 5.91 Å². The van der Waals surface area contributed by atoms with Crippen molar-refractivity contribution in [1.29, 1.82) is 0 Å². The molecule has 1 aromatic rings. The van der Waals surface area contributed by atoms with Crippen molar-refractivity contribution in [1.82, 2.24) is 0 Å². The molecule has 1 rings (SSSR count). The Hall–Kier alpha value is -0.870. The molecule has 0 aromatic heterocycles. The van der Waals surface area contributed by atoms with Gasteiger partial charge in [0.05, 0.1) is 6.04 Å². The number of rotatable bonds is 4. The van der Waals surface area contributed by atoms with E-state index >= 15 is 0 Å². The molecule has 0 saturated carbocycles. The van der Waals surface area contributed by atoms with Crippen LogP contribution in [0, 0.1) is 12.8 Å². The zero-order valence-electron chi connectivity index (χ0n) is 10.5. The molecule has 1 aromatic carbocycles. The van der Waals surface area contributed by atoms with Crippen molar-refractivity contribution in [2.75, 3.05) is 5.32 Å². The summed E-state index contributed by atoms with van der Waals surface area (Å²) < 4.78 is 0.979. The topological polar surface area (TPSA) is 55.1 Å². The highest BCUT2D eigenvalue weighted by Crippen LogP contribution is 2.21. The van der Waals surface area contributed by atoms with Gasteiger partial charge in [0.15, 0.2) is 0 Å². The Bertz CT molecular complexity index is 406. The first-order valence-electron chi connectivity index (χ1n) is 5.78. The molecular formula is C13H19BrN2O. The van der Waals surface area contributed by atoms with Gasteiger partial charge in [-0.1, -0.05) is 42.3 Å². The van der Waals surface area contributed by atoms with Crippen molar-refractivity contribution in [3.8, 4) is 0 Å². The van der Waals surface area contributed by atoms with Crippen molar-refractivity contribution < 1.29 is 4.79 Å². The van der Waals surface area contributed by atoms with Crippen LogP contribution >= 0.6 is 15.9 Å². The summed E-state index contributed by atoms with van der Waals surface area (Å²) in [5.74, 6) is 0.0546. The van der Waals surface area contributed by atoms with Crippen LogP contribution in [0.2, 0.25) is 0 Å². The number of halogens is 1. The molecule has 0 radical (unpaired) electrons. The molecule has 17 heavy (non-hydrogen) atoms. The maximum atomic E-state index is 11.9. The van der Waals surface area contributed by atoms with Crippen LogP contribution in [0.25, 0.3) is 0 Å². The molecule has 4 heteroatoms. The summed E-state index contributed by atoms with van der Waals surface area (Å²) in [6.45, 7) is 6.01. The van der Waals surface area contributed by atoms with E-state index in [2.05, 4.69) is 21.2 Å². The smallest absolute Gasteiger partial charge is 0.241 e. The first-order chi connectivity index (χ1) is 7.95. The van der Waals surface area contributed by atoms with Crippen molar-refractivity contribution >= 4 is 27.5 Å². The number of aryl methyl sites for hydroxylation is 1. The maximum absolute atomic E-state index is 11.9. The third-order valence-electron chi connectivity index (χ3n) is 3.00. The predicted octanol–water partition coefficient (Wildman–Crippen LogP) is 3.07. The Balaban J connectivity index is 2.71. The lowest BCUT2D eigenvalue weighted by Gasteiger charge is -2.17. The van der Waals surface area contributed by atoms with Gasteiger partial charge in [0.1, 0.15) is 0 Å². The highest BCUT2D eigenvalue weighted by molar-refractivity contribution is 9.10. The Morgan fingerprint density at radius 2 is 2.18 bits per heavy atom. The number of nitrogens with two attached hydrogens (primary N) is 1. The molecule has 3 nitrogen and oxygen atoms in total. The number of amides is 1. The number of carbonyl (C=O) groups is 1. The molecule has 0 saturated heterocycles. The second kappa shape index (κ2) is 6.17. The van der Waals surface area contributed by atoms with Gasteiger partial charge in [-0.2, -0.15) is 0 Å². The third-order valence-corrected chi connectivity index (χ3v) is 3.85. The van der Waals surface area contributed by atoms with E-state index in [-0.39, 0.29) is 11.8 Å². The Labute approximate surface area is 111 Å². The molecular weight excluding hydrogens is 280 g/mol. The Kier molecular flexibility index (Phi) is 5.15. The Morgan fingerprint density at radius 3 is 2.71 bits per heavy atom. The second-order valence-corrected chi connectivity index (χ2v) is 5.22. The molecule has 1 unspecified atom stereocenters. The van der Waals surface area contributed by atoms with Crippen LogP contribution in [-0.2, 0) is 4.79 Å². The van der Waals surface area contributed by atoms with Crippen molar-refractivity contribution in [3.63, 3.8) is 0 Å². The molecule has 3 N–H and O–H groups in total. The standard InChI is InChI=1S/C13H19BrN2O/c1-4-8(2)12(15)13(17)16-10-6-5-9(3)11(14)7-10/h5-8,12H,4,15H2,1-3H3,(H,16,17)/t8?,12-/m0/s1. The van der Waals surface area contributed by atoms with Gasteiger partial charge in [-0.15, -0.1) is 0 Å². The minimum absolute atomic E-state index is 0.130. The molecule has 0 fully saturated rings. The zero-order chi connectivity index (χ0) is 13.0. The summed E-state index contributed by atoms with van der Waals surface area (Å²) in [7, 11) is 0. The van der Waals surface area contributed by atoms with Crippen LogP contribution < -0.4 is 11.1 Å². The van der Waals surface area contributed by atoms with Gasteiger partial charge in [0, 0.05) is 10.2 Å². The zero-order valence-corrected chi connectivity index (χ0v) is 12.0. The van der Waals surface area contributed by atoms with Crippen molar-refractivity contribution in [2.24, 2.45) is 11.7 Å². The predicted molar refractivity (Wildman–Crippen MR) is 74.9 cm³/mol. The molecule has 0 spiro atoms. The summed E-state index contributed by atoms with van der Waals surface area (Å²) in [5.41, 5.74) is 7.77. The average Bonchev–Trinajstić information content (AvgIpc) is 2.31. The van der Waals surface area contributed by atoms with Crippen LogP contribution in [0.15, 0.2) is 22.7 Å². The highest BCUT2D eigenvalue weighted by atomic mass is 79.9. The van der Waals surface area contributed by atoms with Crippen molar-refractivity contribution in [3.05, 3.63) is 28.2 Å². The summed E-state index contributed by atoms with van der Waals surface area (Å²) in [5, 5.41) is 2.83. The monoisotopic (exact) mass is 298 g/mol. The summed E-state index contributed by atoms with van der Waals surface area (Å²) in [4.78, 5) is 11.9. The molecule has 2 atom stereocenters. The lowest BCUT2D eigenvalue weighted by atomic mass is 9.99. The van der Waals surface area contributed by atoms with E-state index in [1.54, 1.807) is 0 Å². The van der Waals surface area contributed by atoms with E-state index in [4.69, 9.17) is 5.73 Å². The number of anilines is 1. The molecule has 0 aliphatic carbocycles. The van der Waals surface area contributed by atoms with Gasteiger partial charge in [0.25, 0.3) is 0 Å². The Morgan fingerprint density at radius 1 is 1.53 bits per heavy atom. The van der Waals surface area contributed by atoms with Crippen LogP contribution in [0.1, 0.15) is 25.8 Å². The van der Waals surface area contributed by atoms with E-state index in [1.165, 1.54) is 0 Å².